The topological polar surface area (TPSA) is 32.7 Å². The van der Waals surface area contributed by atoms with Crippen LogP contribution in [0, 0.1) is 0 Å². The Bertz CT molecular complexity index is 727. The molecule has 2 aromatic rings. The highest BCUT2D eigenvalue weighted by Crippen LogP contribution is 2.36. The molecule has 0 radical (unpaired) electrons. The molecule has 0 saturated carbocycles. The number of carbonyl (C=O) groups excluding carboxylic acids is 1. The Morgan fingerprint density at radius 1 is 1.09 bits per heavy atom. The number of para-hydroxylation sites is 1. The van der Waals surface area contributed by atoms with Gasteiger partial charge in [0.2, 0.25) is 0 Å². The van der Waals surface area contributed by atoms with Gasteiger partial charge in [-0.3, -0.25) is 4.79 Å². The van der Waals surface area contributed by atoms with E-state index in [-0.39, 0.29) is 5.91 Å². The van der Waals surface area contributed by atoms with E-state index in [1.165, 1.54) is 5.01 Å². The summed E-state index contributed by atoms with van der Waals surface area (Å²) < 4.78 is 0. The second-order valence-corrected chi connectivity index (χ2v) is 5.71. The van der Waals surface area contributed by atoms with Crippen LogP contribution in [0.15, 0.2) is 78.4 Å². The van der Waals surface area contributed by atoms with Crippen LogP contribution in [0.25, 0.3) is 0 Å². The maximum atomic E-state index is 12.8. The summed E-state index contributed by atoms with van der Waals surface area (Å²) in [6.45, 7) is 3.72. The van der Waals surface area contributed by atoms with Gasteiger partial charge in [0.15, 0.2) is 4.87 Å². The SMILES string of the molecule is C=CC[C@]1(Cl)C(=O)N(c2ccccc2)N=C1c1ccccc1. The van der Waals surface area contributed by atoms with Crippen molar-refractivity contribution >= 4 is 28.9 Å². The molecule has 22 heavy (non-hydrogen) atoms. The molecule has 0 unspecified atom stereocenters. The molecular formula is C18H15ClN2O. The first-order chi connectivity index (χ1) is 10.7. The molecule has 3 nitrogen and oxygen atoms in total. The second kappa shape index (κ2) is 5.78. The number of allylic oxidation sites excluding steroid dienone is 1. The average molecular weight is 311 g/mol. The summed E-state index contributed by atoms with van der Waals surface area (Å²) in [5, 5.41) is 5.88. The van der Waals surface area contributed by atoms with Crippen LogP contribution in [0.2, 0.25) is 0 Å². The molecule has 3 rings (SSSR count). The molecule has 1 heterocycles. The molecule has 0 fully saturated rings. The summed E-state index contributed by atoms with van der Waals surface area (Å²) in [6.07, 6.45) is 1.97. The number of hydrogen-bond acceptors (Lipinski definition) is 2. The van der Waals surface area contributed by atoms with Crippen LogP contribution in [0.4, 0.5) is 5.69 Å². The van der Waals surface area contributed by atoms with Gasteiger partial charge in [-0.25, -0.2) is 0 Å². The van der Waals surface area contributed by atoms with Gasteiger partial charge in [0.1, 0.15) is 0 Å². The largest absolute Gasteiger partial charge is 0.275 e. The Hall–Kier alpha value is -2.39. The third-order valence-corrected chi connectivity index (χ3v) is 4.08. The van der Waals surface area contributed by atoms with Gasteiger partial charge in [0.25, 0.3) is 5.91 Å². The number of alkyl halides is 1. The van der Waals surface area contributed by atoms with Gasteiger partial charge < -0.3 is 0 Å². The highest BCUT2D eigenvalue weighted by atomic mass is 35.5. The van der Waals surface area contributed by atoms with Gasteiger partial charge in [-0.2, -0.15) is 10.1 Å². The Labute approximate surface area is 134 Å². The zero-order valence-corrected chi connectivity index (χ0v) is 12.7. The first-order valence-corrected chi connectivity index (χ1v) is 7.38. The fraction of sp³-hybridized carbons (Fsp3) is 0.111. The number of carbonyl (C=O) groups is 1. The number of halogens is 1. The molecule has 0 bridgehead atoms. The minimum atomic E-state index is -1.21. The first-order valence-electron chi connectivity index (χ1n) is 7.01. The molecule has 2 aromatic carbocycles. The molecule has 0 N–H and O–H groups in total. The summed E-state index contributed by atoms with van der Waals surface area (Å²) in [4.78, 5) is 11.6. The molecule has 1 amide bonds. The van der Waals surface area contributed by atoms with Crippen LogP contribution < -0.4 is 5.01 Å². The Kier molecular flexibility index (Phi) is 3.82. The van der Waals surface area contributed by atoms with E-state index >= 15 is 0 Å². The van der Waals surface area contributed by atoms with Crippen molar-refractivity contribution in [3.05, 3.63) is 78.9 Å². The molecule has 0 aliphatic carbocycles. The average Bonchev–Trinajstić information content (AvgIpc) is 2.82. The predicted molar refractivity (Wildman–Crippen MR) is 90.3 cm³/mol. The number of hydrogen-bond donors (Lipinski definition) is 0. The highest BCUT2D eigenvalue weighted by molar-refractivity contribution is 6.53. The third kappa shape index (κ3) is 2.34. The molecular weight excluding hydrogens is 296 g/mol. The van der Waals surface area contributed by atoms with Gasteiger partial charge in [0, 0.05) is 5.56 Å². The third-order valence-electron chi connectivity index (χ3n) is 3.58. The van der Waals surface area contributed by atoms with Crippen molar-refractivity contribution in [2.75, 3.05) is 5.01 Å². The lowest BCUT2D eigenvalue weighted by molar-refractivity contribution is -0.118. The van der Waals surface area contributed by atoms with Crippen LogP contribution in [0.1, 0.15) is 12.0 Å². The summed E-state index contributed by atoms with van der Waals surface area (Å²) in [5.74, 6) is -0.251. The smallest absolute Gasteiger partial charge is 0.270 e. The Balaban J connectivity index is 2.11. The van der Waals surface area contributed by atoms with E-state index < -0.39 is 4.87 Å². The fourth-order valence-electron chi connectivity index (χ4n) is 2.50. The number of benzene rings is 2. The van der Waals surface area contributed by atoms with Crippen molar-refractivity contribution in [1.82, 2.24) is 0 Å². The molecule has 0 spiro atoms. The van der Waals surface area contributed by atoms with Gasteiger partial charge >= 0.3 is 0 Å². The summed E-state index contributed by atoms with van der Waals surface area (Å²) in [7, 11) is 0. The van der Waals surface area contributed by atoms with Crippen LogP contribution in [-0.2, 0) is 4.79 Å². The lowest BCUT2D eigenvalue weighted by Gasteiger charge is -2.20. The molecule has 0 saturated heterocycles. The number of rotatable bonds is 4. The monoisotopic (exact) mass is 310 g/mol. The van der Waals surface area contributed by atoms with Crippen molar-refractivity contribution < 1.29 is 4.79 Å². The zero-order chi connectivity index (χ0) is 15.6. The van der Waals surface area contributed by atoms with E-state index in [9.17, 15) is 4.79 Å². The second-order valence-electron chi connectivity index (χ2n) is 5.06. The Morgan fingerprint density at radius 3 is 2.27 bits per heavy atom. The fourth-order valence-corrected chi connectivity index (χ4v) is 2.84. The maximum Gasteiger partial charge on any atom is 0.275 e. The van der Waals surface area contributed by atoms with Crippen LogP contribution >= 0.6 is 11.6 Å². The lowest BCUT2D eigenvalue weighted by atomic mass is 9.93. The predicted octanol–water partition coefficient (Wildman–Crippen LogP) is 3.99. The summed E-state index contributed by atoms with van der Waals surface area (Å²) >= 11 is 6.67. The van der Waals surface area contributed by atoms with Crippen molar-refractivity contribution in [2.45, 2.75) is 11.3 Å². The standard InChI is InChI=1S/C18H15ClN2O/c1-2-13-18(19)16(14-9-5-3-6-10-14)20-21(17(18)22)15-11-7-4-8-12-15/h2-12H,1,13H2/t18-/m1/s1. The van der Waals surface area contributed by atoms with Crippen LogP contribution in [0.5, 0.6) is 0 Å². The summed E-state index contributed by atoms with van der Waals surface area (Å²) in [5.41, 5.74) is 2.10. The highest BCUT2D eigenvalue weighted by Gasteiger charge is 2.49. The zero-order valence-electron chi connectivity index (χ0n) is 11.9. The number of hydrazone groups is 1. The van der Waals surface area contributed by atoms with E-state index in [1.54, 1.807) is 6.08 Å². The summed E-state index contributed by atoms with van der Waals surface area (Å²) in [6, 6.07) is 18.8. The van der Waals surface area contributed by atoms with Crippen LogP contribution in [0.3, 0.4) is 0 Å². The van der Waals surface area contributed by atoms with Gasteiger partial charge in [-0.05, 0) is 18.6 Å². The first kappa shape index (κ1) is 14.5. The maximum absolute atomic E-state index is 12.8. The van der Waals surface area contributed by atoms with Crippen molar-refractivity contribution in [3.8, 4) is 0 Å². The van der Waals surface area contributed by atoms with E-state index in [0.717, 1.165) is 5.56 Å². The van der Waals surface area contributed by atoms with E-state index in [2.05, 4.69) is 11.7 Å². The molecule has 4 heteroatoms. The van der Waals surface area contributed by atoms with E-state index in [0.29, 0.717) is 17.8 Å². The van der Waals surface area contributed by atoms with E-state index in [1.807, 2.05) is 60.7 Å². The van der Waals surface area contributed by atoms with E-state index in [4.69, 9.17) is 11.6 Å². The molecule has 1 aliphatic heterocycles. The Morgan fingerprint density at radius 2 is 1.68 bits per heavy atom. The van der Waals surface area contributed by atoms with Crippen molar-refractivity contribution in [3.63, 3.8) is 0 Å². The van der Waals surface area contributed by atoms with Crippen molar-refractivity contribution in [1.29, 1.82) is 0 Å². The number of nitrogens with zero attached hydrogens (tertiary/aromatic N) is 2. The van der Waals surface area contributed by atoms with Gasteiger partial charge in [0.05, 0.1) is 11.4 Å². The molecule has 1 atom stereocenters. The normalized spacial score (nSPS) is 20.9. The van der Waals surface area contributed by atoms with Crippen molar-refractivity contribution in [2.24, 2.45) is 5.10 Å². The quantitative estimate of drug-likeness (QED) is 0.621. The minimum Gasteiger partial charge on any atom is -0.270 e. The molecule has 110 valence electrons. The minimum absolute atomic E-state index is 0.251. The van der Waals surface area contributed by atoms with Gasteiger partial charge in [-0.15, -0.1) is 18.2 Å². The lowest BCUT2D eigenvalue weighted by Crippen LogP contribution is -2.41. The number of anilines is 1. The molecule has 1 aliphatic rings. The van der Waals surface area contributed by atoms with Crippen LogP contribution in [-0.4, -0.2) is 16.5 Å². The number of amides is 1. The van der Waals surface area contributed by atoms with Gasteiger partial charge in [-0.1, -0.05) is 54.6 Å². The molecule has 0 aromatic heterocycles.